The monoisotopic (exact) mass is 332 g/mol. The van der Waals surface area contributed by atoms with Gasteiger partial charge >= 0.3 is 6.18 Å². The number of hydrogen-bond donors (Lipinski definition) is 1. The van der Waals surface area contributed by atoms with Gasteiger partial charge in [0.2, 0.25) is 0 Å². The van der Waals surface area contributed by atoms with Crippen LogP contribution in [0.25, 0.3) is 0 Å². The first-order valence-electron chi connectivity index (χ1n) is 7.92. The molecule has 1 fully saturated rings. The molecule has 0 spiro atoms. The highest BCUT2D eigenvalue weighted by molar-refractivity contribution is 5.95. The number of likely N-dealkylation sites (tertiary alicyclic amines) is 1. The van der Waals surface area contributed by atoms with E-state index in [-0.39, 0.29) is 0 Å². The highest BCUT2D eigenvalue weighted by atomic mass is 19.4. The zero-order valence-corrected chi connectivity index (χ0v) is 13.5. The van der Waals surface area contributed by atoms with Crippen molar-refractivity contribution in [3.63, 3.8) is 0 Å². The summed E-state index contributed by atoms with van der Waals surface area (Å²) in [5.74, 6) is -0.725. The molecule has 5 nitrogen and oxygen atoms in total. The lowest BCUT2D eigenvalue weighted by molar-refractivity contribution is -0.141. The normalized spacial score (nSPS) is 19.8. The molecular formula is C15H23F3N4O. The Hall–Kier alpha value is -1.57. The van der Waals surface area contributed by atoms with Gasteiger partial charge in [-0.05, 0) is 32.7 Å². The van der Waals surface area contributed by atoms with Crippen LogP contribution in [0.15, 0.2) is 6.20 Å². The number of carbonyl (C=O) groups is 1. The van der Waals surface area contributed by atoms with Crippen molar-refractivity contribution in [3.05, 3.63) is 17.5 Å². The van der Waals surface area contributed by atoms with E-state index in [1.807, 2.05) is 0 Å². The maximum atomic E-state index is 12.8. The average molecular weight is 332 g/mol. The van der Waals surface area contributed by atoms with Crippen molar-refractivity contribution < 1.29 is 18.0 Å². The summed E-state index contributed by atoms with van der Waals surface area (Å²) in [5, 5.41) is 5.90. The first kappa shape index (κ1) is 17.8. The van der Waals surface area contributed by atoms with Crippen molar-refractivity contribution in [2.45, 2.75) is 44.8 Å². The molecular weight excluding hydrogens is 309 g/mol. The molecule has 1 atom stereocenters. The van der Waals surface area contributed by atoms with Crippen LogP contribution in [-0.2, 0) is 13.2 Å². The third-order valence-electron chi connectivity index (χ3n) is 4.19. The summed E-state index contributed by atoms with van der Waals surface area (Å²) in [6.07, 6.45) is 0.799. The zero-order chi connectivity index (χ0) is 17.0. The van der Waals surface area contributed by atoms with Crippen molar-refractivity contribution in [2.75, 3.05) is 19.6 Å². The van der Waals surface area contributed by atoms with Gasteiger partial charge in [0.05, 0.1) is 5.56 Å². The van der Waals surface area contributed by atoms with Crippen LogP contribution in [0.3, 0.4) is 0 Å². The van der Waals surface area contributed by atoms with E-state index in [4.69, 9.17) is 0 Å². The predicted molar refractivity (Wildman–Crippen MR) is 80.0 cm³/mol. The zero-order valence-electron chi connectivity index (χ0n) is 13.5. The molecule has 8 heteroatoms. The van der Waals surface area contributed by atoms with E-state index in [0.717, 1.165) is 30.4 Å². The van der Waals surface area contributed by atoms with Crippen molar-refractivity contribution in [1.82, 2.24) is 20.0 Å². The second-order valence-electron chi connectivity index (χ2n) is 6.05. The van der Waals surface area contributed by atoms with Gasteiger partial charge in [0.1, 0.15) is 0 Å². The molecule has 0 aliphatic carbocycles. The van der Waals surface area contributed by atoms with E-state index in [1.165, 1.54) is 26.3 Å². The highest BCUT2D eigenvalue weighted by Gasteiger charge is 2.38. The van der Waals surface area contributed by atoms with Gasteiger partial charge in [0.25, 0.3) is 5.91 Å². The Labute approximate surface area is 133 Å². The van der Waals surface area contributed by atoms with Crippen LogP contribution in [0.4, 0.5) is 13.2 Å². The molecule has 2 rings (SSSR count). The number of alkyl halides is 3. The summed E-state index contributed by atoms with van der Waals surface area (Å²) in [7, 11) is 1.36. The van der Waals surface area contributed by atoms with Gasteiger partial charge in [0.15, 0.2) is 5.69 Å². The number of amides is 1. The second kappa shape index (κ2) is 7.33. The number of nitrogens with one attached hydrogen (secondary N) is 1. The quantitative estimate of drug-likeness (QED) is 0.843. The summed E-state index contributed by atoms with van der Waals surface area (Å²) in [4.78, 5) is 14.3. The lowest BCUT2D eigenvalue weighted by atomic mass is 10.0. The summed E-state index contributed by atoms with van der Waals surface area (Å²) in [5.41, 5.74) is -1.56. The minimum atomic E-state index is -4.63. The van der Waals surface area contributed by atoms with E-state index in [0.29, 0.717) is 12.6 Å². The molecule has 130 valence electrons. The molecule has 1 aliphatic heterocycles. The number of aromatic nitrogens is 2. The molecule has 2 heterocycles. The molecule has 1 unspecified atom stereocenters. The standard InChI is InChI=1S/C15H23F3N4O/c1-11-6-3-4-8-22(11)9-5-7-19-14(23)12-10-21(2)20-13(12)15(16,17)18/h10-11H,3-9H2,1-2H3,(H,19,23). The third kappa shape index (κ3) is 4.70. The SMILES string of the molecule is CC1CCCCN1CCCNC(=O)c1cn(C)nc1C(F)(F)F. The van der Waals surface area contributed by atoms with E-state index in [2.05, 4.69) is 22.2 Å². The van der Waals surface area contributed by atoms with Crippen molar-refractivity contribution in [2.24, 2.45) is 7.05 Å². The van der Waals surface area contributed by atoms with Gasteiger partial charge in [-0.2, -0.15) is 18.3 Å². The third-order valence-corrected chi connectivity index (χ3v) is 4.19. The molecule has 1 saturated heterocycles. The maximum absolute atomic E-state index is 12.8. The fourth-order valence-electron chi connectivity index (χ4n) is 2.93. The Kier molecular flexibility index (Phi) is 5.67. The fourth-order valence-corrected chi connectivity index (χ4v) is 2.93. The number of piperidine rings is 1. The van der Waals surface area contributed by atoms with Crippen molar-refractivity contribution >= 4 is 5.91 Å². The molecule has 1 aromatic heterocycles. The lowest BCUT2D eigenvalue weighted by Crippen LogP contribution is -2.39. The van der Waals surface area contributed by atoms with E-state index < -0.39 is 23.3 Å². The largest absolute Gasteiger partial charge is 0.435 e. The summed E-state index contributed by atoms with van der Waals surface area (Å²) < 4.78 is 39.5. The summed E-state index contributed by atoms with van der Waals surface area (Å²) >= 11 is 0. The van der Waals surface area contributed by atoms with Crippen LogP contribution in [0, 0.1) is 0 Å². The molecule has 1 amide bonds. The van der Waals surface area contributed by atoms with Crippen LogP contribution in [-0.4, -0.2) is 46.3 Å². The fraction of sp³-hybridized carbons (Fsp3) is 0.733. The summed E-state index contributed by atoms with van der Waals surface area (Å²) in [6, 6.07) is 0.537. The molecule has 0 bridgehead atoms. The van der Waals surface area contributed by atoms with Gasteiger partial charge in [-0.25, -0.2) is 0 Å². The molecule has 1 N–H and O–H groups in total. The molecule has 23 heavy (non-hydrogen) atoms. The van der Waals surface area contributed by atoms with Gasteiger partial charge in [0, 0.05) is 32.4 Å². The smallest absolute Gasteiger partial charge is 0.352 e. The molecule has 0 radical (unpaired) electrons. The first-order chi connectivity index (χ1) is 10.8. The number of nitrogens with zero attached hydrogens (tertiary/aromatic N) is 3. The number of rotatable bonds is 5. The average Bonchev–Trinajstić information content (AvgIpc) is 2.87. The topological polar surface area (TPSA) is 50.2 Å². The van der Waals surface area contributed by atoms with Gasteiger partial charge in [-0.1, -0.05) is 6.42 Å². The van der Waals surface area contributed by atoms with Gasteiger partial charge < -0.3 is 10.2 Å². The second-order valence-corrected chi connectivity index (χ2v) is 6.05. The number of hydrogen-bond acceptors (Lipinski definition) is 3. The van der Waals surface area contributed by atoms with Crippen LogP contribution < -0.4 is 5.32 Å². The van der Waals surface area contributed by atoms with E-state index in [1.54, 1.807) is 0 Å². The van der Waals surface area contributed by atoms with Crippen LogP contribution in [0.2, 0.25) is 0 Å². The Morgan fingerprint density at radius 2 is 2.17 bits per heavy atom. The van der Waals surface area contributed by atoms with E-state index in [9.17, 15) is 18.0 Å². The Morgan fingerprint density at radius 1 is 1.43 bits per heavy atom. The lowest BCUT2D eigenvalue weighted by Gasteiger charge is -2.33. The minimum Gasteiger partial charge on any atom is -0.352 e. The number of carbonyl (C=O) groups excluding carboxylic acids is 1. The van der Waals surface area contributed by atoms with Gasteiger partial charge in [-0.3, -0.25) is 9.48 Å². The van der Waals surface area contributed by atoms with Crippen LogP contribution in [0.1, 0.15) is 48.7 Å². The predicted octanol–water partition coefficient (Wildman–Crippen LogP) is 2.43. The highest BCUT2D eigenvalue weighted by Crippen LogP contribution is 2.30. The van der Waals surface area contributed by atoms with Crippen molar-refractivity contribution in [1.29, 1.82) is 0 Å². The van der Waals surface area contributed by atoms with Crippen molar-refractivity contribution in [3.8, 4) is 0 Å². The Bertz CT molecular complexity index is 541. The maximum Gasteiger partial charge on any atom is 0.435 e. The molecule has 1 aromatic rings. The van der Waals surface area contributed by atoms with Crippen LogP contribution in [0.5, 0.6) is 0 Å². The number of aryl methyl sites for hydroxylation is 1. The minimum absolute atomic E-state index is 0.355. The van der Waals surface area contributed by atoms with Crippen LogP contribution >= 0.6 is 0 Å². The van der Waals surface area contributed by atoms with E-state index >= 15 is 0 Å². The molecule has 0 saturated carbocycles. The first-order valence-corrected chi connectivity index (χ1v) is 7.92. The molecule has 0 aromatic carbocycles. The Morgan fingerprint density at radius 3 is 2.83 bits per heavy atom. The molecule has 1 aliphatic rings. The number of halogens is 3. The van der Waals surface area contributed by atoms with Gasteiger partial charge in [-0.15, -0.1) is 0 Å². The summed E-state index contributed by atoms with van der Waals surface area (Å²) in [6.45, 7) is 4.44. The Balaban J connectivity index is 1.83.